The van der Waals surface area contributed by atoms with Gasteiger partial charge in [-0.25, -0.2) is 0 Å². The Morgan fingerprint density at radius 2 is 1.68 bits per heavy atom. The summed E-state index contributed by atoms with van der Waals surface area (Å²) < 4.78 is 0. The first-order valence-corrected chi connectivity index (χ1v) is 6.96. The van der Waals surface area contributed by atoms with Crippen LogP contribution in [0.2, 0.25) is 0 Å². The maximum absolute atomic E-state index is 3.45. The molecule has 1 heteroatoms. The molecule has 2 rings (SSSR count). The zero-order chi connectivity index (χ0) is 13.7. The molecule has 0 saturated heterocycles. The van der Waals surface area contributed by atoms with Gasteiger partial charge in [0.2, 0.25) is 0 Å². The predicted octanol–water partition coefficient (Wildman–Crippen LogP) is 3.68. The van der Waals surface area contributed by atoms with E-state index in [-0.39, 0.29) is 0 Å². The second-order valence-corrected chi connectivity index (χ2v) is 5.31. The van der Waals surface area contributed by atoms with Gasteiger partial charge >= 0.3 is 0 Å². The Hall–Kier alpha value is -1.60. The molecular formula is C18H23N. The average molecular weight is 253 g/mol. The molecule has 0 spiro atoms. The Morgan fingerprint density at radius 3 is 2.37 bits per heavy atom. The largest absolute Gasteiger partial charge is 0.316 e. The molecule has 0 radical (unpaired) electrons. The van der Waals surface area contributed by atoms with Crippen molar-refractivity contribution in [1.29, 1.82) is 0 Å². The Kier molecular flexibility index (Phi) is 4.75. The van der Waals surface area contributed by atoms with E-state index in [0.717, 1.165) is 12.8 Å². The van der Waals surface area contributed by atoms with E-state index in [2.05, 4.69) is 74.7 Å². The van der Waals surface area contributed by atoms with Crippen LogP contribution in [0.1, 0.15) is 22.3 Å². The van der Waals surface area contributed by atoms with Crippen LogP contribution in [0.25, 0.3) is 0 Å². The maximum Gasteiger partial charge on any atom is 0.0145 e. The highest BCUT2D eigenvalue weighted by molar-refractivity contribution is 5.31. The summed E-state index contributed by atoms with van der Waals surface area (Å²) in [7, 11) is 2.05. The van der Waals surface area contributed by atoms with Gasteiger partial charge in [-0.3, -0.25) is 0 Å². The minimum Gasteiger partial charge on any atom is -0.316 e. The Balaban J connectivity index is 2.09. The minimum absolute atomic E-state index is 0.489. The summed E-state index contributed by atoms with van der Waals surface area (Å²) in [6.07, 6.45) is 2.16. The summed E-state index contributed by atoms with van der Waals surface area (Å²) >= 11 is 0. The Labute approximate surface area is 116 Å². The van der Waals surface area contributed by atoms with Gasteiger partial charge in [0.05, 0.1) is 0 Å². The molecule has 1 unspecified atom stereocenters. The molecule has 0 saturated carbocycles. The van der Waals surface area contributed by atoms with Crippen LogP contribution >= 0.6 is 0 Å². The van der Waals surface area contributed by atoms with Crippen LogP contribution in [-0.2, 0) is 12.8 Å². The molecule has 0 amide bonds. The summed E-state index contributed by atoms with van der Waals surface area (Å²) in [6, 6.07) is 17.9. The molecule has 0 aliphatic rings. The van der Waals surface area contributed by atoms with Gasteiger partial charge in [0.15, 0.2) is 0 Å². The second kappa shape index (κ2) is 6.53. The second-order valence-electron chi connectivity index (χ2n) is 5.31. The van der Waals surface area contributed by atoms with E-state index in [0.29, 0.717) is 6.04 Å². The zero-order valence-corrected chi connectivity index (χ0v) is 12.1. The van der Waals surface area contributed by atoms with E-state index in [1.165, 1.54) is 22.3 Å². The van der Waals surface area contributed by atoms with Crippen LogP contribution < -0.4 is 5.32 Å². The van der Waals surface area contributed by atoms with Crippen molar-refractivity contribution in [2.45, 2.75) is 32.7 Å². The van der Waals surface area contributed by atoms with Crippen LogP contribution in [0.3, 0.4) is 0 Å². The molecule has 0 fully saturated rings. The standard InChI is InChI=1S/C18H23N/c1-14-9-10-15(2)17(11-14)13-18(19-3)12-16-7-5-4-6-8-16/h4-11,18-19H,12-13H2,1-3H3. The summed E-state index contributed by atoms with van der Waals surface area (Å²) in [6.45, 7) is 4.36. The number of benzene rings is 2. The average Bonchev–Trinajstić information content (AvgIpc) is 2.43. The number of nitrogens with one attached hydrogen (secondary N) is 1. The van der Waals surface area contributed by atoms with Crippen molar-refractivity contribution in [3.63, 3.8) is 0 Å². The molecule has 100 valence electrons. The lowest BCUT2D eigenvalue weighted by Crippen LogP contribution is -2.30. The van der Waals surface area contributed by atoms with Gasteiger partial charge in [-0.1, -0.05) is 54.1 Å². The van der Waals surface area contributed by atoms with Crippen LogP contribution in [0.4, 0.5) is 0 Å². The first-order chi connectivity index (χ1) is 9.19. The van der Waals surface area contributed by atoms with Crippen LogP contribution in [0.5, 0.6) is 0 Å². The molecule has 19 heavy (non-hydrogen) atoms. The van der Waals surface area contributed by atoms with Crippen LogP contribution in [0, 0.1) is 13.8 Å². The summed E-state index contributed by atoms with van der Waals surface area (Å²) in [5, 5.41) is 3.45. The van der Waals surface area contributed by atoms with E-state index in [1.54, 1.807) is 0 Å². The third kappa shape index (κ3) is 3.93. The van der Waals surface area contributed by atoms with Gasteiger partial charge in [-0.2, -0.15) is 0 Å². The molecule has 0 aromatic heterocycles. The summed E-state index contributed by atoms with van der Waals surface area (Å²) in [4.78, 5) is 0. The monoisotopic (exact) mass is 253 g/mol. The quantitative estimate of drug-likeness (QED) is 0.857. The highest BCUT2D eigenvalue weighted by atomic mass is 14.9. The SMILES string of the molecule is CNC(Cc1ccccc1)Cc1cc(C)ccc1C. The van der Waals surface area contributed by atoms with Crippen LogP contribution in [-0.4, -0.2) is 13.1 Å². The lowest BCUT2D eigenvalue weighted by Gasteiger charge is -2.18. The molecule has 0 heterocycles. The van der Waals surface area contributed by atoms with Crippen molar-refractivity contribution in [3.05, 3.63) is 70.8 Å². The number of aryl methyl sites for hydroxylation is 2. The molecule has 1 nitrogen and oxygen atoms in total. The molecule has 0 aliphatic heterocycles. The first kappa shape index (κ1) is 13.8. The van der Waals surface area contributed by atoms with Gasteiger partial charge in [0.1, 0.15) is 0 Å². The highest BCUT2D eigenvalue weighted by Crippen LogP contribution is 2.15. The third-order valence-corrected chi connectivity index (χ3v) is 3.70. The topological polar surface area (TPSA) is 12.0 Å². The Morgan fingerprint density at radius 1 is 0.947 bits per heavy atom. The third-order valence-electron chi connectivity index (χ3n) is 3.70. The van der Waals surface area contributed by atoms with Crippen LogP contribution in [0.15, 0.2) is 48.5 Å². The van der Waals surface area contributed by atoms with Crippen molar-refractivity contribution in [2.75, 3.05) is 7.05 Å². The fourth-order valence-corrected chi connectivity index (χ4v) is 2.46. The molecule has 1 N–H and O–H groups in total. The van der Waals surface area contributed by atoms with Gasteiger partial charge in [0, 0.05) is 6.04 Å². The van der Waals surface area contributed by atoms with Crippen molar-refractivity contribution in [2.24, 2.45) is 0 Å². The fraction of sp³-hybridized carbons (Fsp3) is 0.333. The van der Waals surface area contributed by atoms with Crippen molar-refractivity contribution < 1.29 is 0 Å². The Bertz CT molecular complexity index is 516. The van der Waals surface area contributed by atoms with E-state index >= 15 is 0 Å². The summed E-state index contributed by atoms with van der Waals surface area (Å²) in [5.41, 5.74) is 5.58. The van der Waals surface area contributed by atoms with Gasteiger partial charge in [-0.15, -0.1) is 0 Å². The normalized spacial score (nSPS) is 12.4. The first-order valence-electron chi connectivity index (χ1n) is 6.96. The van der Waals surface area contributed by atoms with Crippen molar-refractivity contribution in [1.82, 2.24) is 5.32 Å². The maximum atomic E-state index is 3.45. The van der Waals surface area contributed by atoms with Gasteiger partial charge in [0.25, 0.3) is 0 Å². The van der Waals surface area contributed by atoms with E-state index in [4.69, 9.17) is 0 Å². The molecule has 2 aromatic rings. The molecule has 0 bridgehead atoms. The van der Waals surface area contributed by atoms with Gasteiger partial charge < -0.3 is 5.32 Å². The summed E-state index contributed by atoms with van der Waals surface area (Å²) in [5.74, 6) is 0. The van der Waals surface area contributed by atoms with E-state index < -0.39 is 0 Å². The van der Waals surface area contributed by atoms with E-state index in [1.807, 2.05) is 0 Å². The van der Waals surface area contributed by atoms with Crippen molar-refractivity contribution in [3.8, 4) is 0 Å². The van der Waals surface area contributed by atoms with E-state index in [9.17, 15) is 0 Å². The minimum atomic E-state index is 0.489. The molecule has 1 atom stereocenters. The molecule has 2 aromatic carbocycles. The lowest BCUT2D eigenvalue weighted by molar-refractivity contribution is 0.555. The number of hydrogen-bond acceptors (Lipinski definition) is 1. The smallest absolute Gasteiger partial charge is 0.0145 e. The predicted molar refractivity (Wildman–Crippen MR) is 82.6 cm³/mol. The molecule has 0 aliphatic carbocycles. The highest BCUT2D eigenvalue weighted by Gasteiger charge is 2.10. The van der Waals surface area contributed by atoms with Gasteiger partial charge in [-0.05, 0) is 50.4 Å². The number of rotatable bonds is 5. The number of hydrogen-bond donors (Lipinski definition) is 1. The lowest BCUT2D eigenvalue weighted by atomic mass is 9.95. The van der Waals surface area contributed by atoms with Crippen molar-refractivity contribution >= 4 is 0 Å². The number of likely N-dealkylation sites (N-methyl/N-ethyl adjacent to an activating group) is 1. The zero-order valence-electron chi connectivity index (χ0n) is 12.1. The molecular weight excluding hydrogens is 230 g/mol. The fourth-order valence-electron chi connectivity index (χ4n) is 2.46.